The number of hydrogen-bond donors (Lipinski definition) is 2. The number of carbonyl (C=O) groups is 2. The van der Waals surface area contributed by atoms with Crippen LogP contribution in [0.4, 0.5) is 0 Å². The highest BCUT2D eigenvalue weighted by atomic mass is 16.6. The molecule has 1 fully saturated rings. The van der Waals surface area contributed by atoms with Crippen molar-refractivity contribution < 1.29 is 38.7 Å². The van der Waals surface area contributed by atoms with Crippen LogP contribution in [0.25, 0.3) is 22.3 Å². The summed E-state index contributed by atoms with van der Waals surface area (Å²) in [5, 5.41) is 18.2. The topological polar surface area (TPSA) is 112 Å². The lowest BCUT2D eigenvalue weighted by molar-refractivity contribution is -0.141. The third-order valence-corrected chi connectivity index (χ3v) is 9.63. The van der Waals surface area contributed by atoms with Crippen molar-refractivity contribution in [2.24, 2.45) is 5.92 Å². The molecule has 3 aromatic carbocycles. The van der Waals surface area contributed by atoms with Gasteiger partial charge >= 0.3 is 11.9 Å². The molecule has 1 aliphatic carbocycles. The molecule has 0 aromatic heterocycles. The summed E-state index contributed by atoms with van der Waals surface area (Å²) in [6.07, 6.45) is 11.6. The fraction of sp³-hybridized carbons (Fsp3) is 0.442. The summed E-state index contributed by atoms with van der Waals surface area (Å²) in [6, 6.07) is 21.3. The van der Waals surface area contributed by atoms with Gasteiger partial charge in [0.1, 0.15) is 26.4 Å². The van der Waals surface area contributed by atoms with Gasteiger partial charge in [0.2, 0.25) is 0 Å². The Labute approximate surface area is 303 Å². The van der Waals surface area contributed by atoms with E-state index in [-0.39, 0.29) is 37.6 Å². The van der Waals surface area contributed by atoms with Crippen molar-refractivity contribution in [2.75, 3.05) is 39.6 Å². The Balaban J connectivity index is 1.46. The van der Waals surface area contributed by atoms with Gasteiger partial charge in [0.15, 0.2) is 11.5 Å². The molecule has 4 rings (SSSR count). The Kier molecular flexibility index (Phi) is 15.8. The Morgan fingerprint density at radius 3 is 1.84 bits per heavy atom. The lowest BCUT2D eigenvalue weighted by Gasteiger charge is -2.29. The predicted octanol–water partition coefficient (Wildman–Crippen LogP) is 8.38. The molecule has 3 aromatic rings. The number of aryl methyl sites for hydroxylation is 1. The van der Waals surface area contributed by atoms with Crippen LogP contribution in [0.1, 0.15) is 82.3 Å². The summed E-state index contributed by atoms with van der Waals surface area (Å²) in [5.41, 5.74) is 6.97. The zero-order valence-corrected chi connectivity index (χ0v) is 30.3. The highest BCUT2D eigenvalue weighted by Crippen LogP contribution is 2.39. The second kappa shape index (κ2) is 20.4. The Morgan fingerprint density at radius 2 is 1.25 bits per heavy atom. The largest absolute Gasteiger partial charge is 0.486 e. The molecule has 0 heterocycles. The molecule has 0 aliphatic heterocycles. The average molecular weight is 699 g/mol. The standard InChI is InChI=1S/C43H54O8/c1-5-7-8-9-32-10-12-34(13-11-32)35-14-16-36(17-15-35)39-20-18-37(26-33(39)6-2)38-19-21-40(48-22-24-50-42(46)30(3)28-44)41(27-38)49-23-25-51-43(47)31(4)29-45/h14-21,26-27,32,34,44-45H,3-13,22-25,28-29H2,1-2H3. The zero-order chi connectivity index (χ0) is 36.6. The molecule has 8 heteroatoms. The number of aliphatic hydroxyl groups excluding tert-OH is 2. The van der Waals surface area contributed by atoms with E-state index in [0.717, 1.165) is 23.5 Å². The number of esters is 2. The maximum Gasteiger partial charge on any atom is 0.335 e. The number of carbonyl (C=O) groups excluding carboxylic acids is 2. The summed E-state index contributed by atoms with van der Waals surface area (Å²) in [6.45, 7) is 10.4. The van der Waals surface area contributed by atoms with E-state index >= 15 is 0 Å². The predicted molar refractivity (Wildman–Crippen MR) is 201 cm³/mol. The van der Waals surface area contributed by atoms with Gasteiger partial charge in [-0.2, -0.15) is 0 Å². The maximum atomic E-state index is 11.9. The summed E-state index contributed by atoms with van der Waals surface area (Å²) in [7, 11) is 0. The number of ether oxygens (including phenoxy) is 4. The van der Waals surface area contributed by atoms with Gasteiger partial charge in [-0.15, -0.1) is 0 Å². The second-order valence-electron chi connectivity index (χ2n) is 13.2. The average Bonchev–Trinajstić information content (AvgIpc) is 3.17. The Hall–Kier alpha value is -4.40. The van der Waals surface area contributed by atoms with Gasteiger partial charge < -0.3 is 29.2 Å². The van der Waals surface area contributed by atoms with E-state index in [0.29, 0.717) is 17.4 Å². The number of aliphatic hydroxyl groups is 2. The minimum atomic E-state index is -0.695. The Bertz CT molecular complexity index is 1600. The molecular formula is C43H54O8. The molecular weight excluding hydrogens is 644 g/mol. The van der Waals surface area contributed by atoms with Gasteiger partial charge in [-0.25, -0.2) is 9.59 Å². The van der Waals surface area contributed by atoms with Crippen LogP contribution < -0.4 is 9.47 Å². The lowest BCUT2D eigenvalue weighted by atomic mass is 9.77. The van der Waals surface area contributed by atoms with Crippen LogP contribution in [0, 0.1) is 5.92 Å². The molecule has 1 aliphatic rings. The molecule has 0 spiro atoms. The van der Waals surface area contributed by atoms with Crippen molar-refractivity contribution in [1.29, 1.82) is 0 Å². The van der Waals surface area contributed by atoms with Gasteiger partial charge in [0, 0.05) is 0 Å². The molecule has 0 atom stereocenters. The molecule has 1 saturated carbocycles. The molecule has 274 valence electrons. The molecule has 8 nitrogen and oxygen atoms in total. The summed E-state index contributed by atoms with van der Waals surface area (Å²) >= 11 is 0. The minimum absolute atomic E-state index is 0.0328. The van der Waals surface area contributed by atoms with E-state index in [4.69, 9.17) is 29.2 Å². The molecule has 0 amide bonds. The highest BCUT2D eigenvalue weighted by molar-refractivity contribution is 5.88. The van der Waals surface area contributed by atoms with Crippen molar-refractivity contribution in [1.82, 2.24) is 0 Å². The normalized spacial score (nSPS) is 15.5. The number of rotatable bonds is 20. The summed E-state index contributed by atoms with van der Waals surface area (Å²) < 4.78 is 22.1. The monoisotopic (exact) mass is 698 g/mol. The van der Waals surface area contributed by atoms with Crippen molar-refractivity contribution in [3.8, 4) is 33.8 Å². The molecule has 0 bridgehead atoms. The van der Waals surface area contributed by atoms with Crippen molar-refractivity contribution in [3.05, 3.63) is 96.1 Å². The molecule has 0 saturated heterocycles. The van der Waals surface area contributed by atoms with Crippen LogP contribution in [0.3, 0.4) is 0 Å². The second-order valence-corrected chi connectivity index (χ2v) is 13.2. The van der Waals surface area contributed by atoms with Crippen LogP contribution in [0.5, 0.6) is 11.5 Å². The van der Waals surface area contributed by atoms with Gasteiger partial charge in [0.05, 0.1) is 24.4 Å². The first-order valence-corrected chi connectivity index (χ1v) is 18.3. The Morgan fingerprint density at radius 1 is 0.686 bits per heavy atom. The first kappa shape index (κ1) is 39.4. The fourth-order valence-electron chi connectivity index (χ4n) is 6.57. The highest BCUT2D eigenvalue weighted by Gasteiger charge is 2.22. The van der Waals surface area contributed by atoms with Crippen LogP contribution in [0.2, 0.25) is 0 Å². The quantitative estimate of drug-likeness (QED) is 0.0688. The third kappa shape index (κ3) is 11.6. The molecule has 0 radical (unpaired) electrons. The van der Waals surface area contributed by atoms with Crippen LogP contribution in [-0.2, 0) is 25.5 Å². The van der Waals surface area contributed by atoms with Crippen molar-refractivity contribution >= 4 is 11.9 Å². The fourth-order valence-corrected chi connectivity index (χ4v) is 6.57. The molecule has 0 unspecified atom stereocenters. The number of unbranched alkanes of at least 4 members (excludes halogenated alkanes) is 2. The number of benzene rings is 3. The maximum absolute atomic E-state index is 11.9. The van der Waals surface area contributed by atoms with E-state index in [9.17, 15) is 9.59 Å². The van der Waals surface area contributed by atoms with E-state index in [1.807, 2.05) is 12.1 Å². The molecule has 51 heavy (non-hydrogen) atoms. The summed E-state index contributed by atoms with van der Waals surface area (Å²) in [4.78, 5) is 23.7. The lowest BCUT2D eigenvalue weighted by Crippen LogP contribution is -2.16. The van der Waals surface area contributed by atoms with Crippen molar-refractivity contribution in [2.45, 2.75) is 77.6 Å². The first-order chi connectivity index (χ1) is 24.8. The van der Waals surface area contributed by atoms with Gasteiger partial charge in [-0.05, 0) is 89.5 Å². The van der Waals surface area contributed by atoms with Crippen molar-refractivity contribution in [3.63, 3.8) is 0 Å². The van der Waals surface area contributed by atoms with E-state index in [1.54, 1.807) is 6.07 Å². The van der Waals surface area contributed by atoms with Crippen LogP contribution >= 0.6 is 0 Å². The van der Waals surface area contributed by atoms with Gasteiger partial charge in [0.25, 0.3) is 0 Å². The molecule has 2 N–H and O–H groups in total. The van der Waals surface area contributed by atoms with E-state index in [1.165, 1.54) is 73.6 Å². The van der Waals surface area contributed by atoms with E-state index < -0.39 is 25.2 Å². The SMILES string of the molecule is C=C(CO)C(=O)OCCOc1ccc(-c2ccc(-c3ccc(C4CCC(CCCCC)CC4)cc3)c(CC)c2)cc1OCCOC(=O)C(=C)CO. The smallest absolute Gasteiger partial charge is 0.335 e. The van der Waals surface area contributed by atoms with Gasteiger partial charge in [-0.3, -0.25) is 0 Å². The zero-order valence-electron chi connectivity index (χ0n) is 30.3. The summed E-state index contributed by atoms with van der Waals surface area (Å²) in [5.74, 6) is 1.01. The third-order valence-electron chi connectivity index (χ3n) is 9.63. The first-order valence-electron chi connectivity index (χ1n) is 18.3. The minimum Gasteiger partial charge on any atom is -0.486 e. The van der Waals surface area contributed by atoms with Gasteiger partial charge in [-0.1, -0.05) is 101 Å². The number of hydrogen-bond acceptors (Lipinski definition) is 8. The van der Waals surface area contributed by atoms with Crippen LogP contribution in [-0.4, -0.2) is 61.8 Å². The van der Waals surface area contributed by atoms with E-state index in [2.05, 4.69) is 69.5 Å². The van der Waals surface area contributed by atoms with Crippen LogP contribution in [0.15, 0.2) is 85.0 Å².